The fourth-order valence-electron chi connectivity index (χ4n) is 7.09. The van der Waals surface area contributed by atoms with Gasteiger partial charge >= 0.3 is 0 Å². The molecule has 0 aliphatic carbocycles. The molecule has 52 heavy (non-hydrogen) atoms. The van der Waals surface area contributed by atoms with Crippen LogP contribution in [0.25, 0.3) is 89.5 Å². The van der Waals surface area contributed by atoms with Crippen molar-refractivity contribution in [3.63, 3.8) is 0 Å². The Morgan fingerprint density at radius 2 is 0.827 bits per heavy atom. The zero-order valence-corrected chi connectivity index (χ0v) is 28.4. The largest absolute Gasteiger partial charge is 0.456 e. The van der Waals surface area contributed by atoms with Gasteiger partial charge in [0, 0.05) is 38.6 Å². The average Bonchev–Trinajstić information content (AvgIpc) is 3.69. The number of furan rings is 1. The monoisotopic (exact) mass is 689 g/mol. The van der Waals surface area contributed by atoms with Crippen LogP contribution in [-0.4, -0.2) is 23.4 Å². The number of hydrogen-bond donors (Lipinski definition) is 0. The third-order valence-corrected chi connectivity index (χ3v) is 11.5. The molecule has 6 nitrogen and oxygen atoms in total. The van der Waals surface area contributed by atoms with E-state index in [0.717, 1.165) is 60.9 Å². The Balaban J connectivity index is 1.02. The van der Waals surface area contributed by atoms with Gasteiger partial charge in [-0.05, 0) is 58.7 Å². The Kier molecular flexibility index (Phi) is 6.78. The van der Waals surface area contributed by atoms with Gasteiger partial charge in [-0.25, -0.2) is 23.4 Å². The zero-order chi connectivity index (χ0) is 34.8. The maximum atomic E-state index is 14.2. The molecule has 0 atom stereocenters. The lowest BCUT2D eigenvalue weighted by Crippen LogP contribution is -2.00. The van der Waals surface area contributed by atoms with E-state index in [2.05, 4.69) is 6.07 Å². The molecule has 9 aromatic rings. The number of aromatic nitrogens is 3. The number of benzene rings is 7. The van der Waals surface area contributed by atoms with Gasteiger partial charge < -0.3 is 4.42 Å². The van der Waals surface area contributed by atoms with E-state index >= 15 is 0 Å². The topological polar surface area (TPSA) is 86.0 Å². The lowest BCUT2D eigenvalue weighted by Gasteiger charge is -2.10. The molecule has 3 heterocycles. The second-order valence-corrected chi connectivity index (χ2v) is 14.7. The molecule has 2 aromatic heterocycles. The SMILES string of the molecule is O=S1(=O)c2cc(-c3cccc(-c4nc(-c5ccccc5)nc(-c5ccccc5)n4)c3)ccc2-c2ccc(-c3ccc4oc5ccccc5c4c3)cc21. The van der Waals surface area contributed by atoms with Crippen LogP contribution in [0.4, 0.5) is 0 Å². The molecule has 10 rings (SSSR count). The summed E-state index contributed by atoms with van der Waals surface area (Å²) in [6.07, 6.45) is 0. The molecule has 1 aliphatic rings. The van der Waals surface area contributed by atoms with Crippen LogP contribution < -0.4 is 0 Å². The van der Waals surface area contributed by atoms with Crippen LogP contribution in [-0.2, 0) is 9.84 Å². The molecule has 0 spiro atoms. The van der Waals surface area contributed by atoms with Gasteiger partial charge in [0.2, 0.25) is 9.84 Å². The molecular formula is C45H27N3O3S. The number of nitrogens with zero attached hydrogens (tertiary/aromatic N) is 3. The van der Waals surface area contributed by atoms with Crippen molar-refractivity contribution in [2.45, 2.75) is 9.79 Å². The first-order valence-electron chi connectivity index (χ1n) is 16.9. The molecule has 1 aliphatic heterocycles. The smallest absolute Gasteiger partial charge is 0.207 e. The van der Waals surface area contributed by atoms with Crippen LogP contribution in [0.5, 0.6) is 0 Å². The van der Waals surface area contributed by atoms with Gasteiger partial charge in [-0.2, -0.15) is 0 Å². The normalized spacial score (nSPS) is 12.9. The van der Waals surface area contributed by atoms with Gasteiger partial charge in [-0.15, -0.1) is 0 Å². The van der Waals surface area contributed by atoms with Crippen molar-refractivity contribution >= 4 is 31.8 Å². The lowest BCUT2D eigenvalue weighted by molar-refractivity contribution is 0.598. The Morgan fingerprint density at radius 1 is 0.365 bits per heavy atom. The molecular weight excluding hydrogens is 663 g/mol. The third kappa shape index (κ3) is 4.93. The van der Waals surface area contributed by atoms with Crippen molar-refractivity contribution in [3.8, 4) is 67.5 Å². The molecule has 0 radical (unpaired) electrons. The minimum absolute atomic E-state index is 0.303. The summed E-state index contributed by atoms with van der Waals surface area (Å²) in [6, 6.07) is 52.9. The predicted octanol–water partition coefficient (Wildman–Crippen LogP) is 10.9. The standard InChI is InChI=1S/C45H27N3O3S/c49-52(50)41-26-32(18-21-36(41)37-22-19-33(27-42(37)52)31-20-23-40-38(25-31)35-16-7-8-17-39(35)51-40)30-14-9-15-34(24-30)45-47-43(28-10-3-1-4-11-28)46-44(48-45)29-12-5-2-6-13-29/h1-27H. The molecule has 0 saturated carbocycles. The van der Waals surface area contributed by atoms with E-state index in [-0.39, 0.29) is 0 Å². The first kappa shape index (κ1) is 30.2. The summed E-state index contributed by atoms with van der Waals surface area (Å²) in [5.74, 6) is 1.69. The number of rotatable bonds is 5. The highest BCUT2D eigenvalue weighted by Gasteiger charge is 2.33. The van der Waals surface area contributed by atoms with E-state index in [0.29, 0.717) is 38.4 Å². The fraction of sp³-hybridized carbons (Fsp3) is 0. The van der Waals surface area contributed by atoms with Crippen LogP contribution in [0.1, 0.15) is 0 Å². The minimum atomic E-state index is -3.78. The second kappa shape index (κ2) is 11.7. The van der Waals surface area contributed by atoms with Gasteiger partial charge in [0.25, 0.3) is 0 Å². The van der Waals surface area contributed by atoms with Crippen LogP contribution >= 0.6 is 0 Å². The lowest BCUT2D eigenvalue weighted by atomic mass is 9.97. The molecule has 0 amide bonds. The highest BCUT2D eigenvalue weighted by atomic mass is 32.2. The third-order valence-electron chi connectivity index (χ3n) is 9.70. The minimum Gasteiger partial charge on any atom is -0.456 e. The summed E-state index contributed by atoms with van der Waals surface area (Å²) in [6.45, 7) is 0. The second-order valence-electron chi connectivity index (χ2n) is 12.9. The molecule has 7 aromatic carbocycles. The van der Waals surface area contributed by atoms with Crippen molar-refractivity contribution in [1.82, 2.24) is 15.0 Å². The summed E-state index contributed by atoms with van der Waals surface area (Å²) in [4.78, 5) is 15.2. The molecule has 7 heteroatoms. The highest BCUT2D eigenvalue weighted by molar-refractivity contribution is 7.92. The molecule has 246 valence electrons. The summed E-state index contributed by atoms with van der Waals surface area (Å²) in [5, 5.41) is 2.03. The zero-order valence-electron chi connectivity index (χ0n) is 27.6. The van der Waals surface area contributed by atoms with E-state index in [1.165, 1.54) is 0 Å². The predicted molar refractivity (Wildman–Crippen MR) is 205 cm³/mol. The van der Waals surface area contributed by atoms with Crippen molar-refractivity contribution in [2.75, 3.05) is 0 Å². The van der Waals surface area contributed by atoms with E-state index in [9.17, 15) is 8.42 Å². The number of hydrogen-bond acceptors (Lipinski definition) is 6. The molecule has 0 bridgehead atoms. The Labute approximate surface area is 299 Å². The van der Waals surface area contributed by atoms with E-state index in [1.54, 1.807) is 12.1 Å². The molecule has 0 saturated heterocycles. The van der Waals surface area contributed by atoms with Crippen molar-refractivity contribution in [3.05, 3.63) is 164 Å². The van der Waals surface area contributed by atoms with Gasteiger partial charge in [-0.3, -0.25) is 0 Å². The van der Waals surface area contributed by atoms with Crippen LogP contribution in [0.3, 0.4) is 0 Å². The first-order valence-corrected chi connectivity index (χ1v) is 18.4. The number of fused-ring (bicyclic) bond motifs is 6. The van der Waals surface area contributed by atoms with Crippen molar-refractivity contribution in [2.24, 2.45) is 0 Å². The van der Waals surface area contributed by atoms with Gasteiger partial charge in [-0.1, -0.05) is 127 Å². The van der Waals surface area contributed by atoms with Crippen LogP contribution in [0.15, 0.2) is 178 Å². The number of para-hydroxylation sites is 1. The van der Waals surface area contributed by atoms with Crippen LogP contribution in [0.2, 0.25) is 0 Å². The van der Waals surface area contributed by atoms with E-state index in [1.807, 2.05) is 146 Å². The maximum absolute atomic E-state index is 14.2. The fourth-order valence-corrected chi connectivity index (χ4v) is 8.83. The van der Waals surface area contributed by atoms with Crippen molar-refractivity contribution < 1.29 is 12.8 Å². The highest BCUT2D eigenvalue weighted by Crippen LogP contribution is 2.46. The first-order chi connectivity index (χ1) is 25.5. The molecule has 0 N–H and O–H groups in total. The van der Waals surface area contributed by atoms with Crippen molar-refractivity contribution in [1.29, 1.82) is 0 Å². The Bertz CT molecular complexity index is 2920. The summed E-state index contributed by atoms with van der Waals surface area (Å²) >= 11 is 0. The summed E-state index contributed by atoms with van der Waals surface area (Å²) < 4.78 is 34.4. The van der Waals surface area contributed by atoms with Crippen LogP contribution in [0, 0.1) is 0 Å². The van der Waals surface area contributed by atoms with Gasteiger partial charge in [0.1, 0.15) is 11.2 Å². The van der Waals surface area contributed by atoms with E-state index < -0.39 is 9.84 Å². The van der Waals surface area contributed by atoms with Gasteiger partial charge in [0.05, 0.1) is 9.79 Å². The average molecular weight is 690 g/mol. The summed E-state index contributed by atoms with van der Waals surface area (Å²) in [5.41, 5.74) is 9.02. The molecule has 0 fully saturated rings. The summed E-state index contributed by atoms with van der Waals surface area (Å²) in [7, 11) is -3.78. The number of sulfone groups is 1. The maximum Gasteiger partial charge on any atom is 0.207 e. The van der Waals surface area contributed by atoms with E-state index in [4.69, 9.17) is 19.4 Å². The quantitative estimate of drug-likeness (QED) is 0.179. The Hall–Kier alpha value is -6.70. The molecule has 0 unspecified atom stereocenters. The Morgan fingerprint density at radius 3 is 1.46 bits per heavy atom. The van der Waals surface area contributed by atoms with Gasteiger partial charge in [0.15, 0.2) is 17.5 Å².